The molecule has 12 heteroatoms. The van der Waals surface area contributed by atoms with Gasteiger partial charge in [-0.1, -0.05) is 27.9 Å². The number of carbonyl (C=O) groups excluding carboxylic acids is 1. The van der Waals surface area contributed by atoms with Crippen LogP contribution >= 0.6 is 8.86 Å². The zero-order chi connectivity index (χ0) is 27.2. The van der Waals surface area contributed by atoms with Crippen LogP contribution in [0.4, 0.5) is 19.0 Å². The highest BCUT2D eigenvalue weighted by Crippen LogP contribution is 2.38. The van der Waals surface area contributed by atoms with Crippen LogP contribution in [0.2, 0.25) is 0 Å². The maximum atomic E-state index is 13.3. The molecule has 1 fully saturated rings. The number of aromatic nitrogens is 2. The molecular formula is C25H26F3N4O3PS. The fourth-order valence-corrected chi connectivity index (χ4v) is 6.28. The molecule has 0 bridgehead atoms. The highest BCUT2D eigenvalue weighted by Gasteiger charge is 2.39. The van der Waals surface area contributed by atoms with Gasteiger partial charge in [0.15, 0.2) is 0 Å². The van der Waals surface area contributed by atoms with E-state index in [9.17, 15) is 26.4 Å². The van der Waals surface area contributed by atoms with Gasteiger partial charge < -0.3 is 9.88 Å². The molecule has 37 heavy (non-hydrogen) atoms. The van der Waals surface area contributed by atoms with E-state index in [1.807, 2.05) is 18.7 Å². The maximum absolute atomic E-state index is 13.3. The molecule has 2 aromatic heterocycles. The minimum atomic E-state index is -4.47. The van der Waals surface area contributed by atoms with E-state index in [-0.39, 0.29) is 27.3 Å². The lowest BCUT2D eigenvalue weighted by atomic mass is 9.97. The molecule has 1 aliphatic heterocycles. The predicted octanol–water partition coefficient (Wildman–Crippen LogP) is 5.51. The van der Waals surface area contributed by atoms with E-state index in [1.54, 1.807) is 0 Å². The molecule has 7 nitrogen and oxygen atoms in total. The van der Waals surface area contributed by atoms with Crippen LogP contribution < -0.4 is 9.62 Å². The monoisotopic (exact) mass is 550 g/mol. The Labute approximate surface area is 215 Å². The Morgan fingerprint density at radius 2 is 1.84 bits per heavy atom. The normalized spacial score (nSPS) is 17.6. The third-order valence-electron chi connectivity index (χ3n) is 6.29. The molecule has 1 aromatic carbocycles. The van der Waals surface area contributed by atoms with Gasteiger partial charge in [-0.3, -0.25) is 4.79 Å². The van der Waals surface area contributed by atoms with Crippen molar-refractivity contribution in [3.8, 4) is 11.3 Å². The average Bonchev–Trinajstić information content (AvgIpc) is 3.09. The van der Waals surface area contributed by atoms with Crippen LogP contribution in [0.25, 0.3) is 11.3 Å². The minimum absolute atomic E-state index is 0.0387. The molecule has 1 atom stereocenters. The van der Waals surface area contributed by atoms with Gasteiger partial charge in [-0.15, -0.1) is 0 Å². The lowest BCUT2D eigenvalue weighted by Gasteiger charge is -2.34. The molecule has 1 amide bonds. The number of aromatic amines is 1. The minimum Gasteiger partial charge on any atom is -0.357 e. The second kappa shape index (κ2) is 9.61. The number of hydrogen-bond donors (Lipinski definition) is 2. The van der Waals surface area contributed by atoms with E-state index < -0.39 is 33.2 Å². The largest absolute Gasteiger partial charge is 0.416 e. The third kappa shape index (κ3) is 5.57. The van der Waals surface area contributed by atoms with Crippen molar-refractivity contribution in [2.45, 2.75) is 43.8 Å². The Morgan fingerprint density at radius 1 is 1.16 bits per heavy atom. The predicted molar refractivity (Wildman–Crippen MR) is 137 cm³/mol. The standard InChI is InChI=1S/C25H26F3N4O3PS/c1-15-13-24(2,3)32(14-15)21-18(22(33)31-37(34,35)20-5-4-12-29-23(20)36)10-11-19(30-21)16-6-8-17(9-7-16)25(26,27)28/h4-12,15,29,36H,13-14H2,1-3H3,(H,31,33)/t15-/m0/s1. The van der Waals surface area contributed by atoms with Crippen LogP contribution in [0.3, 0.4) is 0 Å². The first-order valence-electron chi connectivity index (χ1n) is 11.4. The molecule has 0 aliphatic carbocycles. The zero-order valence-electron chi connectivity index (χ0n) is 20.3. The summed E-state index contributed by atoms with van der Waals surface area (Å²) in [6.45, 7) is 6.63. The molecule has 0 unspecified atom stereocenters. The highest BCUT2D eigenvalue weighted by atomic mass is 32.2. The first kappa shape index (κ1) is 26.9. The Hall–Kier alpha value is -3.17. The number of nitrogens with one attached hydrogen (secondary N) is 2. The number of rotatable bonds is 5. The quantitative estimate of drug-likeness (QED) is 0.409. The van der Waals surface area contributed by atoms with Crippen molar-refractivity contribution < 1.29 is 26.4 Å². The first-order chi connectivity index (χ1) is 17.2. The Balaban J connectivity index is 1.77. The number of carbonyl (C=O) groups is 1. The molecule has 1 aliphatic rings. The Bertz CT molecular complexity index is 1500. The summed E-state index contributed by atoms with van der Waals surface area (Å²) >= 11 is 0. The van der Waals surface area contributed by atoms with Gasteiger partial charge in [0, 0.05) is 23.8 Å². The fourth-order valence-electron chi connectivity index (χ4n) is 4.66. The first-order valence-corrected chi connectivity index (χ1v) is 13.4. The Morgan fingerprint density at radius 3 is 2.41 bits per heavy atom. The summed E-state index contributed by atoms with van der Waals surface area (Å²) in [5.41, 5.74) is -0.342. The van der Waals surface area contributed by atoms with E-state index in [2.05, 4.69) is 30.5 Å². The van der Waals surface area contributed by atoms with Crippen LogP contribution in [0.15, 0.2) is 59.6 Å². The third-order valence-corrected chi connectivity index (χ3v) is 8.26. The number of hydrogen-bond acceptors (Lipinski definition) is 5. The number of benzene rings is 1. The molecule has 1 saturated heterocycles. The summed E-state index contributed by atoms with van der Waals surface area (Å²) in [6, 6.07) is 10.4. The van der Waals surface area contributed by atoms with Gasteiger partial charge in [-0.2, -0.15) is 13.2 Å². The molecule has 0 radical (unpaired) electrons. The lowest BCUT2D eigenvalue weighted by Crippen LogP contribution is -2.41. The SMILES string of the molecule is C[C@@H]1CN(c2nc(-c3ccc(C(F)(F)F)cc3)ccc2C(=O)NS(=O)(=O)c2ccc[nH]c2=P)C(C)(C)C1. The number of amides is 1. The van der Waals surface area contributed by atoms with Crippen LogP contribution in [0.5, 0.6) is 0 Å². The van der Waals surface area contributed by atoms with Gasteiger partial charge >= 0.3 is 6.18 Å². The van der Waals surface area contributed by atoms with Crippen molar-refractivity contribution in [2.24, 2.45) is 5.92 Å². The molecule has 0 spiro atoms. The van der Waals surface area contributed by atoms with E-state index in [0.717, 1.165) is 18.6 Å². The van der Waals surface area contributed by atoms with Gasteiger partial charge in [0.05, 0.1) is 21.9 Å². The van der Waals surface area contributed by atoms with Crippen molar-refractivity contribution in [3.63, 3.8) is 0 Å². The number of pyridine rings is 2. The molecule has 2 N–H and O–H groups in total. The number of sulfonamides is 1. The molecule has 3 aromatic rings. The van der Waals surface area contributed by atoms with Crippen molar-refractivity contribution >= 4 is 30.6 Å². The van der Waals surface area contributed by atoms with E-state index in [1.165, 1.54) is 42.6 Å². The summed E-state index contributed by atoms with van der Waals surface area (Å²) in [6.07, 6.45) is -2.13. The van der Waals surface area contributed by atoms with Gasteiger partial charge in [0.1, 0.15) is 10.7 Å². The van der Waals surface area contributed by atoms with Gasteiger partial charge in [0.25, 0.3) is 15.9 Å². The van der Waals surface area contributed by atoms with E-state index >= 15 is 0 Å². The van der Waals surface area contributed by atoms with Gasteiger partial charge in [0.2, 0.25) is 0 Å². The molecule has 196 valence electrons. The molecular weight excluding hydrogens is 524 g/mol. The summed E-state index contributed by atoms with van der Waals surface area (Å²) in [5, 5.41) is 0.174. The van der Waals surface area contributed by atoms with Crippen molar-refractivity contribution in [2.75, 3.05) is 11.4 Å². The smallest absolute Gasteiger partial charge is 0.357 e. The van der Waals surface area contributed by atoms with Crippen molar-refractivity contribution in [1.29, 1.82) is 0 Å². The maximum Gasteiger partial charge on any atom is 0.416 e. The number of anilines is 1. The number of nitrogens with zero attached hydrogens (tertiary/aromatic N) is 2. The molecule has 0 saturated carbocycles. The second-order valence-electron chi connectivity index (χ2n) is 9.72. The topological polar surface area (TPSA) is 95.2 Å². The van der Waals surface area contributed by atoms with Crippen LogP contribution in [-0.4, -0.2) is 36.4 Å². The van der Waals surface area contributed by atoms with Crippen molar-refractivity contribution in [3.05, 3.63) is 70.9 Å². The lowest BCUT2D eigenvalue weighted by molar-refractivity contribution is -0.137. The summed E-state index contributed by atoms with van der Waals surface area (Å²) in [7, 11) is -1.03. The summed E-state index contributed by atoms with van der Waals surface area (Å²) < 4.78 is 67.0. The van der Waals surface area contributed by atoms with Crippen LogP contribution in [-0.2, 0) is 16.2 Å². The average molecular weight is 551 g/mol. The fraction of sp³-hybridized carbons (Fsp3) is 0.320. The van der Waals surface area contributed by atoms with E-state index in [0.29, 0.717) is 17.8 Å². The molecule has 4 rings (SSSR count). The van der Waals surface area contributed by atoms with Gasteiger partial charge in [-0.25, -0.2) is 18.1 Å². The number of H-pyrrole nitrogens is 1. The van der Waals surface area contributed by atoms with Crippen LogP contribution in [0, 0.1) is 11.0 Å². The van der Waals surface area contributed by atoms with Crippen molar-refractivity contribution in [1.82, 2.24) is 14.7 Å². The highest BCUT2D eigenvalue weighted by molar-refractivity contribution is 7.90. The second-order valence-corrected chi connectivity index (χ2v) is 11.9. The summed E-state index contributed by atoms with van der Waals surface area (Å²) in [4.78, 5) is 22.5. The zero-order valence-corrected chi connectivity index (χ0v) is 22.2. The number of alkyl halides is 3. The number of halogens is 3. The van der Waals surface area contributed by atoms with Crippen LogP contribution in [0.1, 0.15) is 43.1 Å². The summed E-state index contributed by atoms with van der Waals surface area (Å²) in [5.74, 6) is -0.328. The molecule has 3 heterocycles. The Kier molecular flexibility index (Phi) is 6.98. The van der Waals surface area contributed by atoms with E-state index in [4.69, 9.17) is 0 Å². The van der Waals surface area contributed by atoms with Gasteiger partial charge in [-0.05, 0) is 62.6 Å².